The van der Waals surface area contributed by atoms with Gasteiger partial charge in [-0.15, -0.1) is 0 Å². The second-order valence-corrected chi connectivity index (χ2v) is 6.03. The number of ether oxygens (including phenoxy) is 1. The summed E-state index contributed by atoms with van der Waals surface area (Å²) >= 11 is 0. The first-order valence-electron chi connectivity index (χ1n) is 7.80. The molecular weight excluding hydrogens is 224 g/mol. The zero-order valence-corrected chi connectivity index (χ0v) is 11.7. The molecule has 0 aromatic rings. The average molecular weight is 252 g/mol. The maximum Gasteiger partial charge on any atom is 0.0876 e. The molecular formula is C16H28O2. The van der Waals surface area contributed by atoms with Gasteiger partial charge in [-0.25, -0.2) is 0 Å². The lowest BCUT2D eigenvalue weighted by molar-refractivity contribution is 0.0862. The molecule has 2 rings (SSSR count). The lowest BCUT2D eigenvalue weighted by Gasteiger charge is -2.33. The molecule has 2 heteroatoms. The second kappa shape index (κ2) is 7.18. The summed E-state index contributed by atoms with van der Waals surface area (Å²) < 4.78 is 5.35. The van der Waals surface area contributed by atoms with Crippen LogP contribution in [-0.4, -0.2) is 17.8 Å². The summed E-state index contributed by atoms with van der Waals surface area (Å²) in [5.74, 6) is 1.40. The monoisotopic (exact) mass is 252 g/mol. The molecule has 18 heavy (non-hydrogen) atoms. The maximum absolute atomic E-state index is 10.4. The number of hydrogen-bond acceptors (Lipinski definition) is 2. The van der Waals surface area contributed by atoms with Crippen LogP contribution in [0.3, 0.4) is 0 Å². The van der Waals surface area contributed by atoms with Crippen molar-refractivity contribution in [2.24, 2.45) is 11.8 Å². The van der Waals surface area contributed by atoms with Crippen LogP contribution in [0.2, 0.25) is 0 Å². The lowest BCUT2D eigenvalue weighted by Crippen LogP contribution is -2.28. The normalized spacial score (nSPS) is 30.4. The van der Waals surface area contributed by atoms with Crippen LogP contribution in [0.25, 0.3) is 0 Å². The van der Waals surface area contributed by atoms with Crippen molar-refractivity contribution in [3.63, 3.8) is 0 Å². The highest BCUT2D eigenvalue weighted by Gasteiger charge is 2.28. The fourth-order valence-electron chi connectivity index (χ4n) is 3.39. The topological polar surface area (TPSA) is 29.5 Å². The Morgan fingerprint density at radius 2 is 2.11 bits per heavy atom. The predicted molar refractivity (Wildman–Crippen MR) is 74.2 cm³/mol. The van der Waals surface area contributed by atoms with Crippen molar-refractivity contribution >= 4 is 0 Å². The molecule has 2 aliphatic rings. The molecule has 0 bridgehead atoms. The molecule has 0 amide bonds. The molecule has 0 aromatic carbocycles. The third-order valence-corrected chi connectivity index (χ3v) is 4.65. The molecule has 1 fully saturated rings. The van der Waals surface area contributed by atoms with Gasteiger partial charge in [-0.2, -0.15) is 0 Å². The average Bonchev–Trinajstić information content (AvgIpc) is 2.46. The highest BCUT2D eigenvalue weighted by molar-refractivity contribution is 5.09. The van der Waals surface area contributed by atoms with E-state index < -0.39 is 0 Å². The zero-order valence-electron chi connectivity index (χ0n) is 11.7. The van der Waals surface area contributed by atoms with Crippen molar-refractivity contribution in [2.75, 3.05) is 6.61 Å². The highest BCUT2D eigenvalue weighted by Crippen LogP contribution is 2.36. The first-order valence-corrected chi connectivity index (χ1v) is 7.80. The predicted octanol–water partition coefficient (Wildman–Crippen LogP) is 4.04. The van der Waals surface area contributed by atoms with Gasteiger partial charge in [0.15, 0.2) is 0 Å². The molecule has 1 saturated carbocycles. The summed E-state index contributed by atoms with van der Waals surface area (Å²) in [4.78, 5) is 0. The minimum Gasteiger partial charge on any atom is -0.501 e. The van der Waals surface area contributed by atoms with Gasteiger partial charge in [0.25, 0.3) is 0 Å². The molecule has 1 atom stereocenters. The number of aliphatic hydroxyl groups is 1. The molecule has 2 nitrogen and oxygen atoms in total. The van der Waals surface area contributed by atoms with E-state index in [2.05, 4.69) is 6.92 Å². The highest BCUT2D eigenvalue weighted by atomic mass is 16.5. The molecule has 1 aliphatic heterocycles. The standard InChI is InChI=1S/C16H28O2/c1-2-3-5-13-7-9-14(10-8-13)16(17)15-6-4-11-18-12-15/h12-14,16-17H,2-11H2,1H3. The molecule has 0 saturated heterocycles. The Morgan fingerprint density at radius 1 is 1.33 bits per heavy atom. The molecule has 0 radical (unpaired) electrons. The Balaban J connectivity index is 1.76. The van der Waals surface area contributed by atoms with E-state index in [1.807, 2.05) is 6.26 Å². The summed E-state index contributed by atoms with van der Waals surface area (Å²) in [5.41, 5.74) is 1.14. The maximum atomic E-state index is 10.4. The van der Waals surface area contributed by atoms with E-state index in [4.69, 9.17) is 4.74 Å². The van der Waals surface area contributed by atoms with Gasteiger partial charge in [-0.3, -0.25) is 0 Å². The Kier molecular flexibility index (Phi) is 5.55. The van der Waals surface area contributed by atoms with Gasteiger partial charge in [0.2, 0.25) is 0 Å². The molecule has 1 aliphatic carbocycles. The van der Waals surface area contributed by atoms with Crippen molar-refractivity contribution < 1.29 is 9.84 Å². The fraction of sp³-hybridized carbons (Fsp3) is 0.875. The summed E-state index contributed by atoms with van der Waals surface area (Å²) in [6.45, 7) is 3.09. The molecule has 1 heterocycles. The first kappa shape index (κ1) is 13.9. The quantitative estimate of drug-likeness (QED) is 0.800. The Hall–Kier alpha value is -0.500. The molecule has 1 N–H and O–H groups in total. The summed E-state index contributed by atoms with van der Waals surface area (Å²) in [7, 11) is 0. The van der Waals surface area contributed by atoms with Gasteiger partial charge < -0.3 is 9.84 Å². The summed E-state index contributed by atoms with van der Waals surface area (Å²) in [6.07, 6.45) is 12.8. The third-order valence-electron chi connectivity index (χ3n) is 4.65. The van der Waals surface area contributed by atoms with Crippen molar-refractivity contribution in [1.82, 2.24) is 0 Å². The van der Waals surface area contributed by atoms with Crippen molar-refractivity contribution in [1.29, 1.82) is 0 Å². The van der Waals surface area contributed by atoms with Crippen LogP contribution in [0.1, 0.15) is 64.7 Å². The van der Waals surface area contributed by atoms with Gasteiger partial charge in [-0.1, -0.05) is 39.0 Å². The van der Waals surface area contributed by atoms with E-state index in [9.17, 15) is 5.11 Å². The van der Waals surface area contributed by atoms with Crippen LogP contribution < -0.4 is 0 Å². The number of hydrogen-bond donors (Lipinski definition) is 1. The SMILES string of the molecule is CCCCC1CCC(C(O)C2=COCCC2)CC1. The fourth-order valence-corrected chi connectivity index (χ4v) is 3.39. The number of unbranched alkanes of at least 4 members (excludes halogenated alkanes) is 1. The zero-order chi connectivity index (χ0) is 12.8. The van der Waals surface area contributed by atoms with E-state index >= 15 is 0 Å². The van der Waals surface area contributed by atoms with E-state index in [0.29, 0.717) is 5.92 Å². The Morgan fingerprint density at radius 3 is 2.72 bits per heavy atom. The van der Waals surface area contributed by atoms with Gasteiger partial charge in [0.05, 0.1) is 19.0 Å². The summed E-state index contributed by atoms with van der Waals surface area (Å²) in [5, 5.41) is 10.4. The van der Waals surface area contributed by atoms with E-state index in [0.717, 1.165) is 30.9 Å². The van der Waals surface area contributed by atoms with Crippen LogP contribution in [0.4, 0.5) is 0 Å². The smallest absolute Gasteiger partial charge is 0.0876 e. The van der Waals surface area contributed by atoms with Crippen LogP contribution >= 0.6 is 0 Å². The van der Waals surface area contributed by atoms with E-state index in [1.54, 1.807) is 0 Å². The van der Waals surface area contributed by atoms with Crippen molar-refractivity contribution in [3.05, 3.63) is 11.8 Å². The van der Waals surface area contributed by atoms with Crippen molar-refractivity contribution in [2.45, 2.75) is 70.8 Å². The van der Waals surface area contributed by atoms with Crippen molar-refractivity contribution in [3.8, 4) is 0 Å². The summed E-state index contributed by atoms with van der Waals surface area (Å²) in [6, 6.07) is 0. The van der Waals surface area contributed by atoms with Gasteiger partial charge in [0, 0.05) is 0 Å². The van der Waals surface area contributed by atoms with E-state index in [-0.39, 0.29) is 6.10 Å². The minimum atomic E-state index is -0.238. The van der Waals surface area contributed by atoms with Gasteiger partial charge >= 0.3 is 0 Å². The Bertz CT molecular complexity index is 264. The first-order chi connectivity index (χ1) is 8.81. The van der Waals surface area contributed by atoms with Gasteiger partial charge in [-0.05, 0) is 43.1 Å². The van der Waals surface area contributed by atoms with E-state index in [1.165, 1.54) is 44.9 Å². The largest absolute Gasteiger partial charge is 0.501 e. The molecule has 0 aromatic heterocycles. The lowest BCUT2D eigenvalue weighted by atomic mass is 9.76. The van der Waals surface area contributed by atoms with Crippen LogP contribution in [0.15, 0.2) is 11.8 Å². The minimum absolute atomic E-state index is 0.238. The number of rotatable bonds is 5. The molecule has 1 unspecified atom stereocenters. The third kappa shape index (κ3) is 3.74. The van der Waals surface area contributed by atoms with Crippen LogP contribution in [0.5, 0.6) is 0 Å². The van der Waals surface area contributed by atoms with Crippen LogP contribution in [0, 0.1) is 11.8 Å². The van der Waals surface area contributed by atoms with Gasteiger partial charge in [0.1, 0.15) is 0 Å². The molecule has 104 valence electrons. The van der Waals surface area contributed by atoms with Crippen LogP contribution in [-0.2, 0) is 4.74 Å². The number of aliphatic hydroxyl groups excluding tert-OH is 1. The Labute approximate surface area is 111 Å². The molecule has 0 spiro atoms. The second-order valence-electron chi connectivity index (χ2n) is 6.03.